The third-order valence-electron chi connectivity index (χ3n) is 12.2. The molecule has 1 atom stereocenters. The molecule has 382 valence electrons. The van der Waals surface area contributed by atoms with Crippen LogP contribution in [0.1, 0.15) is 278 Å². The van der Waals surface area contributed by atoms with Crippen LogP contribution in [0.25, 0.3) is 0 Å². The van der Waals surface area contributed by atoms with Crippen molar-refractivity contribution in [3.05, 3.63) is 72.9 Å². The van der Waals surface area contributed by atoms with E-state index >= 15 is 0 Å². The maximum atomic E-state index is 12.8. The minimum atomic E-state index is -0.577. The zero-order chi connectivity index (χ0) is 47.7. The fourth-order valence-electron chi connectivity index (χ4n) is 8.04. The fourth-order valence-corrected chi connectivity index (χ4v) is 8.04. The van der Waals surface area contributed by atoms with Crippen molar-refractivity contribution in [3.8, 4) is 0 Å². The van der Waals surface area contributed by atoms with Gasteiger partial charge in [-0.05, 0) is 77.0 Å². The summed E-state index contributed by atoms with van der Waals surface area (Å²) in [4.78, 5) is 25.5. The van der Waals surface area contributed by atoms with Crippen molar-refractivity contribution in [2.75, 3.05) is 19.8 Å². The van der Waals surface area contributed by atoms with Gasteiger partial charge in [-0.25, -0.2) is 0 Å². The molecule has 0 saturated heterocycles. The Morgan fingerprint density at radius 1 is 0.348 bits per heavy atom. The van der Waals surface area contributed by atoms with E-state index in [0.717, 1.165) is 64.2 Å². The molecule has 0 amide bonds. The Bertz CT molecular complexity index is 1180. The summed E-state index contributed by atoms with van der Waals surface area (Å²) in [5, 5.41) is 0. The van der Waals surface area contributed by atoms with Crippen molar-refractivity contribution in [3.63, 3.8) is 0 Å². The van der Waals surface area contributed by atoms with E-state index in [1.165, 1.54) is 180 Å². The number of hydrogen-bond acceptors (Lipinski definition) is 5. The Kier molecular flexibility index (Phi) is 54.4. The van der Waals surface area contributed by atoms with E-state index in [4.69, 9.17) is 14.2 Å². The molecule has 5 nitrogen and oxygen atoms in total. The number of hydrogen-bond donors (Lipinski definition) is 0. The SMILES string of the molecule is CC/C=C\C/C=C\C/C=C\C/C=C\C/C=C\CCOCC(COC(=O)CCCCCCCCCCC/C=C\CCCCCCCC)OC(=O)CCCCCCCCCCCCCCCCC. The van der Waals surface area contributed by atoms with Crippen molar-refractivity contribution in [2.45, 2.75) is 284 Å². The third kappa shape index (κ3) is 54.0. The molecule has 0 rings (SSSR count). The lowest BCUT2D eigenvalue weighted by molar-refractivity contribution is -0.162. The first kappa shape index (κ1) is 63.3. The Morgan fingerprint density at radius 3 is 1.09 bits per heavy atom. The molecule has 0 bridgehead atoms. The second-order valence-corrected chi connectivity index (χ2v) is 18.8. The standard InChI is InChI=1S/C61H108O5/c1-4-7-10-13-16-19-22-25-28-30-31-32-34-36-39-42-45-48-51-54-60(62)65-58-59(57-64-56-53-50-47-44-41-38-35-29-26-23-20-17-14-11-8-5-2)66-61(63)55-52-49-46-43-40-37-33-27-24-21-18-15-12-9-6-3/h8,11,17,20,25-26,28-29,38,41,47,50,59H,4-7,9-10,12-16,18-19,21-24,27,30-37,39-40,42-46,48-49,51-58H2,1-3H3/b11-8-,20-17-,28-25-,29-26-,41-38-,50-47-. The monoisotopic (exact) mass is 921 g/mol. The maximum Gasteiger partial charge on any atom is 0.306 e. The minimum absolute atomic E-state index is 0.0556. The maximum absolute atomic E-state index is 12.8. The molecule has 0 aliphatic heterocycles. The van der Waals surface area contributed by atoms with Gasteiger partial charge in [0.25, 0.3) is 0 Å². The highest BCUT2D eigenvalue weighted by atomic mass is 16.6. The number of esters is 2. The summed E-state index contributed by atoms with van der Waals surface area (Å²) in [7, 11) is 0. The first-order valence-electron chi connectivity index (χ1n) is 28.5. The second-order valence-electron chi connectivity index (χ2n) is 18.8. The Balaban J connectivity index is 4.33. The summed E-state index contributed by atoms with van der Waals surface area (Å²) in [5.41, 5.74) is 0. The predicted octanol–water partition coefficient (Wildman–Crippen LogP) is 19.5. The van der Waals surface area contributed by atoms with Crippen LogP contribution >= 0.6 is 0 Å². The minimum Gasteiger partial charge on any atom is -0.462 e. The molecule has 5 heteroatoms. The molecular weight excluding hydrogens is 813 g/mol. The molecule has 0 fully saturated rings. The third-order valence-corrected chi connectivity index (χ3v) is 12.2. The molecule has 1 unspecified atom stereocenters. The molecule has 66 heavy (non-hydrogen) atoms. The van der Waals surface area contributed by atoms with Gasteiger partial charge in [-0.15, -0.1) is 0 Å². The Morgan fingerprint density at radius 2 is 0.682 bits per heavy atom. The van der Waals surface area contributed by atoms with Gasteiger partial charge in [0, 0.05) is 12.8 Å². The van der Waals surface area contributed by atoms with E-state index in [9.17, 15) is 9.59 Å². The highest BCUT2D eigenvalue weighted by molar-refractivity contribution is 5.70. The quantitative estimate of drug-likeness (QED) is 0.0346. The zero-order valence-electron chi connectivity index (χ0n) is 44.0. The lowest BCUT2D eigenvalue weighted by Gasteiger charge is -2.18. The van der Waals surface area contributed by atoms with Gasteiger partial charge in [0.1, 0.15) is 6.61 Å². The van der Waals surface area contributed by atoms with Gasteiger partial charge in [-0.1, -0.05) is 261 Å². The van der Waals surface area contributed by atoms with E-state index < -0.39 is 6.10 Å². The highest BCUT2D eigenvalue weighted by Crippen LogP contribution is 2.16. The molecular formula is C61H108O5. The summed E-state index contributed by atoms with van der Waals surface area (Å²) >= 11 is 0. The molecule has 0 aromatic carbocycles. The van der Waals surface area contributed by atoms with E-state index in [1.807, 2.05) is 0 Å². The molecule has 0 saturated carbocycles. The Hall–Kier alpha value is -2.66. The lowest BCUT2D eigenvalue weighted by atomic mass is 10.0. The largest absolute Gasteiger partial charge is 0.462 e. The van der Waals surface area contributed by atoms with Crippen LogP contribution in [0.4, 0.5) is 0 Å². The van der Waals surface area contributed by atoms with E-state index in [1.54, 1.807) is 0 Å². The van der Waals surface area contributed by atoms with E-state index in [0.29, 0.717) is 19.4 Å². The van der Waals surface area contributed by atoms with Crippen molar-refractivity contribution in [1.82, 2.24) is 0 Å². The topological polar surface area (TPSA) is 61.8 Å². The molecule has 0 radical (unpaired) electrons. The summed E-state index contributed by atoms with van der Waals surface area (Å²) < 4.78 is 17.4. The normalized spacial score (nSPS) is 12.7. The van der Waals surface area contributed by atoms with Crippen LogP contribution in [0.2, 0.25) is 0 Å². The lowest BCUT2D eigenvalue weighted by Crippen LogP contribution is -2.30. The van der Waals surface area contributed by atoms with E-state index in [-0.39, 0.29) is 25.2 Å². The Labute approximate surface area is 410 Å². The number of rotatable bonds is 52. The molecule has 0 N–H and O–H groups in total. The molecule has 0 aromatic rings. The fraction of sp³-hybridized carbons (Fsp3) is 0.770. The van der Waals surface area contributed by atoms with Crippen molar-refractivity contribution in [1.29, 1.82) is 0 Å². The molecule has 0 aliphatic carbocycles. The molecule has 0 aliphatic rings. The van der Waals surface area contributed by atoms with Crippen molar-refractivity contribution < 1.29 is 23.8 Å². The van der Waals surface area contributed by atoms with Gasteiger partial charge < -0.3 is 14.2 Å². The van der Waals surface area contributed by atoms with Crippen LogP contribution in [0.3, 0.4) is 0 Å². The van der Waals surface area contributed by atoms with Gasteiger partial charge in [0.15, 0.2) is 6.10 Å². The average molecular weight is 922 g/mol. The predicted molar refractivity (Wildman–Crippen MR) is 288 cm³/mol. The summed E-state index contributed by atoms with van der Waals surface area (Å²) in [5.74, 6) is -0.430. The summed E-state index contributed by atoms with van der Waals surface area (Å²) in [6.07, 6.45) is 73.7. The van der Waals surface area contributed by atoms with Crippen molar-refractivity contribution >= 4 is 11.9 Å². The van der Waals surface area contributed by atoms with E-state index in [2.05, 4.69) is 93.7 Å². The second kappa shape index (κ2) is 56.7. The van der Waals surface area contributed by atoms with Crippen LogP contribution in [0.5, 0.6) is 0 Å². The van der Waals surface area contributed by atoms with Crippen molar-refractivity contribution in [2.24, 2.45) is 0 Å². The highest BCUT2D eigenvalue weighted by Gasteiger charge is 2.17. The number of allylic oxidation sites excluding steroid dienone is 11. The average Bonchev–Trinajstić information content (AvgIpc) is 3.32. The number of carbonyl (C=O) groups excluding carboxylic acids is 2. The molecule has 0 heterocycles. The summed E-state index contributed by atoms with van der Waals surface area (Å²) in [6, 6.07) is 0. The van der Waals surface area contributed by atoms with Crippen LogP contribution in [-0.4, -0.2) is 37.9 Å². The molecule has 0 spiro atoms. The van der Waals surface area contributed by atoms with Crippen LogP contribution in [-0.2, 0) is 23.8 Å². The smallest absolute Gasteiger partial charge is 0.306 e. The molecule has 0 aromatic heterocycles. The van der Waals surface area contributed by atoms with Gasteiger partial charge >= 0.3 is 11.9 Å². The zero-order valence-corrected chi connectivity index (χ0v) is 44.0. The van der Waals surface area contributed by atoms with Gasteiger partial charge in [-0.3, -0.25) is 9.59 Å². The summed E-state index contributed by atoms with van der Waals surface area (Å²) in [6.45, 7) is 7.54. The first-order valence-corrected chi connectivity index (χ1v) is 28.5. The first-order chi connectivity index (χ1) is 32.6. The number of carbonyl (C=O) groups is 2. The number of ether oxygens (including phenoxy) is 3. The number of unbranched alkanes of at least 4 members (excludes halogenated alkanes) is 29. The van der Waals surface area contributed by atoms with Gasteiger partial charge in [0.05, 0.1) is 13.2 Å². The van der Waals surface area contributed by atoms with Gasteiger partial charge in [-0.2, -0.15) is 0 Å². The van der Waals surface area contributed by atoms with Crippen LogP contribution in [0.15, 0.2) is 72.9 Å². The van der Waals surface area contributed by atoms with Crippen LogP contribution in [0, 0.1) is 0 Å². The van der Waals surface area contributed by atoms with Gasteiger partial charge in [0.2, 0.25) is 0 Å². The van der Waals surface area contributed by atoms with Crippen LogP contribution < -0.4 is 0 Å².